The standard InChI is InChI=1S/C14H28N2O6/c1-21-11-7-16(8-12-22-2)14(20)4-3-13(19)15(5-9-17)6-10-18/h17-18H,3-12H2,1-2H3. The fourth-order valence-electron chi connectivity index (χ4n) is 1.90. The molecule has 0 aliphatic rings. The SMILES string of the molecule is COCCN(CCOC)C(=O)CCC(=O)N(CCO)CCO. The van der Waals surface area contributed by atoms with Crippen molar-refractivity contribution >= 4 is 11.8 Å². The first kappa shape index (κ1) is 20.8. The van der Waals surface area contributed by atoms with Crippen molar-refractivity contribution in [3.8, 4) is 0 Å². The fraction of sp³-hybridized carbons (Fsp3) is 0.857. The highest BCUT2D eigenvalue weighted by Gasteiger charge is 2.17. The summed E-state index contributed by atoms with van der Waals surface area (Å²) in [5.74, 6) is -0.398. The van der Waals surface area contributed by atoms with Crippen molar-refractivity contribution in [1.29, 1.82) is 0 Å². The fourth-order valence-corrected chi connectivity index (χ4v) is 1.90. The molecule has 22 heavy (non-hydrogen) atoms. The van der Waals surface area contributed by atoms with Crippen molar-refractivity contribution in [1.82, 2.24) is 9.80 Å². The minimum Gasteiger partial charge on any atom is -0.395 e. The van der Waals surface area contributed by atoms with E-state index in [0.717, 1.165) is 0 Å². The van der Waals surface area contributed by atoms with Gasteiger partial charge in [0.15, 0.2) is 0 Å². The lowest BCUT2D eigenvalue weighted by Gasteiger charge is -2.23. The Morgan fingerprint density at radius 1 is 0.773 bits per heavy atom. The molecule has 0 radical (unpaired) electrons. The third-order valence-electron chi connectivity index (χ3n) is 3.13. The molecule has 0 rings (SSSR count). The molecule has 0 spiro atoms. The van der Waals surface area contributed by atoms with Gasteiger partial charge in [-0.15, -0.1) is 0 Å². The predicted octanol–water partition coefficient (Wildman–Crippen LogP) is -1.30. The van der Waals surface area contributed by atoms with Crippen molar-refractivity contribution in [2.45, 2.75) is 12.8 Å². The molecule has 2 N–H and O–H groups in total. The van der Waals surface area contributed by atoms with Crippen molar-refractivity contribution in [2.24, 2.45) is 0 Å². The highest BCUT2D eigenvalue weighted by atomic mass is 16.5. The minimum absolute atomic E-state index is 0.0509. The second-order valence-corrected chi connectivity index (χ2v) is 4.69. The van der Waals surface area contributed by atoms with Gasteiger partial charge in [-0.2, -0.15) is 0 Å². The summed E-state index contributed by atoms with van der Waals surface area (Å²) in [5.41, 5.74) is 0. The van der Waals surface area contributed by atoms with Gasteiger partial charge in [-0.05, 0) is 0 Å². The molecule has 0 aromatic heterocycles. The van der Waals surface area contributed by atoms with E-state index in [-0.39, 0.29) is 51.0 Å². The topological polar surface area (TPSA) is 99.5 Å². The van der Waals surface area contributed by atoms with Gasteiger partial charge >= 0.3 is 0 Å². The normalized spacial score (nSPS) is 10.5. The van der Waals surface area contributed by atoms with Crippen molar-refractivity contribution < 1.29 is 29.3 Å². The van der Waals surface area contributed by atoms with Gasteiger partial charge in [-0.25, -0.2) is 0 Å². The van der Waals surface area contributed by atoms with Crippen LogP contribution in [0.25, 0.3) is 0 Å². The molecule has 0 aliphatic heterocycles. The van der Waals surface area contributed by atoms with E-state index in [9.17, 15) is 9.59 Å². The van der Waals surface area contributed by atoms with Crippen LogP contribution in [0.15, 0.2) is 0 Å². The number of aliphatic hydroxyl groups is 2. The zero-order valence-corrected chi connectivity index (χ0v) is 13.5. The lowest BCUT2D eigenvalue weighted by molar-refractivity contribution is -0.138. The molecule has 0 fully saturated rings. The predicted molar refractivity (Wildman–Crippen MR) is 80.3 cm³/mol. The maximum absolute atomic E-state index is 12.1. The van der Waals surface area contributed by atoms with Crippen LogP contribution in [-0.2, 0) is 19.1 Å². The number of rotatable bonds is 13. The van der Waals surface area contributed by atoms with Crippen LogP contribution in [-0.4, -0.2) is 98.7 Å². The molecular formula is C14H28N2O6. The van der Waals surface area contributed by atoms with E-state index >= 15 is 0 Å². The van der Waals surface area contributed by atoms with Gasteiger partial charge in [0.05, 0.1) is 26.4 Å². The average Bonchev–Trinajstić information content (AvgIpc) is 2.52. The van der Waals surface area contributed by atoms with Crippen LogP contribution in [0.2, 0.25) is 0 Å². The number of nitrogens with zero attached hydrogens (tertiary/aromatic N) is 2. The molecule has 0 aromatic rings. The number of carbonyl (C=O) groups is 2. The van der Waals surface area contributed by atoms with E-state index in [2.05, 4.69) is 0 Å². The number of hydrogen-bond donors (Lipinski definition) is 2. The van der Waals surface area contributed by atoms with E-state index < -0.39 is 0 Å². The van der Waals surface area contributed by atoms with Crippen LogP contribution in [0.4, 0.5) is 0 Å². The third-order valence-corrected chi connectivity index (χ3v) is 3.13. The molecule has 0 saturated carbocycles. The molecule has 2 amide bonds. The van der Waals surface area contributed by atoms with Gasteiger partial charge in [-0.1, -0.05) is 0 Å². The maximum atomic E-state index is 12.1. The lowest BCUT2D eigenvalue weighted by atomic mass is 10.2. The highest BCUT2D eigenvalue weighted by molar-refractivity contribution is 5.83. The summed E-state index contributed by atoms with van der Waals surface area (Å²) in [4.78, 5) is 27.1. The van der Waals surface area contributed by atoms with Crippen LogP contribution < -0.4 is 0 Å². The third kappa shape index (κ3) is 8.93. The number of carbonyl (C=O) groups excluding carboxylic acids is 2. The molecular weight excluding hydrogens is 292 g/mol. The summed E-state index contributed by atoms with van der Waals surface area (Å²) in [6.45, 7) is 1.71. The first-order valence-electron chi connectivity index (χ1n) is 7.35. The van der Waals surface area contributed by atoms with E-state index in [1.165, 1.54) is 4.90 Å². The Morgan fingerprint density at radius 3 is 1.45 bits per heavy atom. The smallest absolute Gasteiger partial charge is 0.223 e. The number of ether oxygens (including phenoxy) is 2. The molecule has 130 valence electrons. The lowest BCUT2D eigenvalue weighted by Crippen LogP contribution is -2.39. The summed E-state index contributed by atoms with van der Waals surface area (Å²) < 4.78 is 9.93. The van der Waals surface area contributed by atoms with E-state index in [0.29, 0.717) is 26.3 Å². The molecule has 8 heteroatoms. The van der Waals surface area contributed by atoms with Gasteiger partial charge in [0.25, 0.3) is 0 Å². The largest absolute Gasteiger partial charge is 0.395 e. The summed E-state index contributed by atoms with van der Waals surface area (Å²) in [5, 5.41) is 17.8. The second-order valence-electron chi connectivity index (χ2n) is 4.69. The summed E-state index contributed by atoms with van der Waals surface area (Å²) >= 11 is 0. The Morgan fingerprint density at radius 2 is 1.14 bits per heavy atom. The molecule has 0 bridgehead atoms. The summed E-state index contributed by atoms with van der Waals surface area (Å²) in [6, 6.07) is 0. The summed E-state index contributed by atoms with van der Waals surface area (Å²) in [6.07, 6.45) is 0.134. The Bertz CT molecular complexity index is 300. The zero-order chi connectivity index (χ0) is 16.8. The van der Waals surface area contributed by atoms with Crippen LogP contribution in [0, 0.1) is 0 Å². The van der Waals surface area contributed by atoms with Gasteiger partial charge in [-0.3, -0.25) is 9.59 Å². The highest BCUT2D eigenvalue weighted by Crippen LogP contribution is 2.03. The van der Waals surface area contributed by atoms with E-state index in [1.807, 2.05) is 0 Å². The Hall–Kier alpha value is -1.22. The molecule has 8 nitrogen and oxygen atoms in total. The van der Waals surface area contributed by atoms with Crippen LogP contribution >= 0.6 is 0 Å². The molecule has 0 aromatic carbocycles. The molecule has 0 heterocycles. The Kier molecular flexibility index (Phi) is 12.7. The van der Waals surface area contributed by atoms with Crippen LogP contribution in [0.1, 0.15) is 12.8 Å². The summed E-state index contributed by atoms with van der Waals surface area (Å²) in [7, 11) is 3.12. The van der Waals surface area contributed by atoms with Gasteiger partial charge in [0, 0.05) is 53.2 Å². The van der Waals surface area contributed by atoms with Crippen LogP contribution in [0.5, 0.6) is 0 Å². The van der Waals surface area contributed by atoms with Crippen LogP contribution in [0.3, 0.4) is 0 Å². The maximum Gasteiger partial charge on any atom is 0.223 e. The number of hydrogen-bond acceptors (Lipinski definition) is 6. The quantitative estimate of drug-likeness (QED) is 0.438. The van der Waals surface area contributed by atoms with Crippen molar-refractivity contribution in [2.75, 3.05) is 66.8 Å². The molecule has 0 saturated heterocycles. The monoisotopic (exact) mass is 320 g/mol. The van der Waals surface area contributed by atoms with Gasteiger partial charge < -0.3 is 29.5 Å². The Balaban J connectivity index is 4.36. The number of amides is 2. The zero-order valence-electron chi connectivity index (χ0n) is 13.5. The Labute approximate surface area is 131 Å². The van der Waals surface area contributed by atoms with Crippen molar-refractivity contribution in [3.63, 3.8) is 0 Å². The molecule has 0 atom stereocenters. The number of methoxy groups -OCH3 is 2. The average molecular weight is 320 g/mol. The van der Waals surface area contributed by atoms with Crippen molar-refractivity contribution in [3.05, 3.63) is 0 Å². The minimum atomic E-state index is -0.255. The first-order valence-corrected chi connectivity index (χ1v) is 7.35. The first-order chi connectivity index (χ1) is 10.6. The van der Waals surface area contributed by atoms with E-state index in [4.69, 9.17) is 19.7 Å². The van der Waals surface area contributed by atoms with Gasteiger partial charge in [0.1, 0.15) is 0 Å². The number of aliphatic hydroxyl groups excluding tert-OH is 2. The van der Waals surface area contributed by atoms with Gasteiger partial charge in [0.2, 0.25) is 11.8 Å². The second kappa shape index (κ2) is 13.4. The molecule has 0 unspecified atom stereocenters. The van der Waals surface area contributed by atoms with E-state index in [1.54, 1.807) is 19.1 Å². The molecule has 0 aliphatic carbocycles.